The predicted molar refractivity (Wildman–Crippen MR) is 86.5 cm³/mol. The molecule has 1 unspecified atom stereocenters. The summed E-state index contributed by atoms with van der Waals surface area (Å²) in [5, 5.41) is 3.65. The van der Waals surface area contributed by atoms with Gasteiger partial charge in [0.25, 0.3) is 0 Å². The van der Waals surface area contributed by atoms with Crippen LogP contribution < -0.4 is 5.32 Å². The van der Waals surface area contributed by atoms with Crippen molar-refractivity contribution in [2.24, 2.45) is 0 Å². The fourth-order valence-corrected chi connectivity index (χ4v) is 2.58. The van der Waals surface area contributed by atoms with Crippen molar-refractivity contribution in [1.82, 2.24) is 0 Å². The Morgan fingerprint density at radius 2 is 1.68 bits per heavy atom. The highest BCUT2D eigenvalue weighted by Gasteiger charge is 2.11. The highest BCUT2D eigenvalue weighted by Crippen LogP contribution is 2.29. The monoisotopic (exact) mass is 317 g/mol. The number of para-hydroxylation sites is 1. The molecule has 0 fully saturated rings. The molecule has 2 aromatic carbocycles. The molecule has 1 nitrogen and oxygen atoms in total. The highest BCUT2D eigenvalue weighted by atomic mass is 79.9. The number of benzene rings is 2. The number of hydrogen-bond donors (Lipinski definition) is 1. The zero-order valence-electron chi connectivity index (χ0n) is 11.3. The van der Waals surface area contributed by atoms with Gasteiger partial charge in [-0.15, -0.1) is 0 Å². The average Bonchev–Trinajstić information content (AvgIpc) is 2.46. The van der Waals surface area contributed by atoms with Crippen LogP contribution in [0.5, 0.6) is 0 Å². The molecule has 2 aromatic rings. The molecule has 0 radical (unpaired) electrons. The first-order chi connectivity index (χ1) is 9.31. The number of unbranched alkanes of at least 4 members (excludes halogenated alkanes) is 1. The molecule has 0 aliphatic heterocycles. The summed E-state index contributed by atoms with van der Waals surface area (Å²) in [5.74, 6) is 0. The van der Waals surface area contributed by atoms with Crippen molar-refractivity contribution in [3.63, 3.8) is 0 Å². The maximum Gasteiger partial charge on any atom is 0.0514 e. The molecule has 2 heteroatoms. The minimum absolute atomic E-state index is 0.375. The maximum atomic E-state index is 3.65. The first kappa shape index (κ1) is 14.1. The Kier molecular flexibility index (Phi) is 5.46. The van der Waals surface area contributed by atoms with Gasteiger partial charge in [-0.2, -0.15) is 0 Å². The molecule has 0 aliphatic carbocycles. The molecule has 0 aromatic heterocycles. The van der Waals surface area contributed by atoms with Gasteiger partial charge >= 0.3 is 0 Å². The molecule has 0 spiro atoms. The summed E-state index contributed by atoms with van der Waals surface area (Å²) in [7, 11) is 0. The van der Waals surface area contributed by atoms with Gasteiger partial charge in [0, 0.05) is 10.2 Å². The van der Waals surface area contributed by atoms with E-state index in [9.17, 15) is 0 Å². The van der Waals surface area contributed by atoms with E-state index in [1.807, 2.05) is 6.07 Å². The molecule has 0 bridgehead atoms. The van der Waals surface area contributed by atoms with Crippen LogP contribution in [-0.2, 0) is 0 Å². The topological polar surface area (TPSA) is 12.0 Å². The fourth-order valence-electron chi connectivity index (χ4n) is 2.18. The van der Waals surface area contributed by atoms with Crippen LogP contribution in [0.15, 0.2) is 59.1 Å². The van der Waals surface area contributed by atoms with Gasteiger partial charge < -0.3 is 5.32 Å². The van der Waals surface area contributed by atoms with Gasteiger partial charge in [0.1, 0.15) is 0 Å². The Morgan fingerprint density at radius 3 is 2.37 bits per heavy atom. The van der Waals surface area contributed by atoms with Crippen LogP contribution in [-0.4, -0.2) is 0 Å². The Balaban J connectivity index is 2.17. The van der Waals surface area contributed by atoms with Crippen LogP contribution in [0.2, 0.25) is 0 Å². The smallest absolute Gasteiger partial charge is 0.0514 e. The van der Waals surface area contributed by atoms with Crippen LogP contribution >= 0.6 is 15.9 Å². The Bertz CT molecular complexity index is 496. The Morgan fingerprint density at radius 1 is 1.00 bits per heavy atom. The standard InChI is InChI=1S/C17H20BrN/c1-2-3-12-16(14-9-5-4-6-10-14)19-17-13-8-7-11-15(17)18/h4-11,13,16,19H,2-3,12H2,1H3. The van der Waals surface area contributed by atoms with E-state index in [0.717, 1.165) is 16.6 Å². The normalized spacial score (nSPS) is 12.1. The van der Waals surface area contributed by atoms with Crippen molar-refractivity contribution in [3.8, 4) is 0 Å². The van der Waals surface area contributed by atoms with Crippen LogP contribution in [0.3, 0.4) is 0 Å². The Hall–Kier alpha value is -1.28. The lowest BCUT2D eigenvalue weighted by Crippen LogP contribution is -2.11. The van der Waals surface area contributed by atoms with Crippen LogP contribution in [0, 0.1) is 0 Å². The van der Waals surface area contributed by atoms with E-state index in [-0.39, 0.29) is 0 Å². The molecule has 100 valence electrons. The molecular formula is C17H20BrN. The molecule has 1 atom stereocenters. The van der Waals surface area contributed by atoms with Crippen LogP contribution in [0.4, 0.5) is 5.69 Å². The number of rotatable bonds is 6. The van der Waals surface area contributed by atoms with Crippen molar-refractivity contribution < 1.29 is 0 Å². The van der Waals surface area contributed by atoms with Gasteiger partial charge in [0.05, 0.1) is 6.04 Å². The van der Waals surface area contributed by atoms with Crippen LogP contribution in [0.1, 0.15) is 37.8 Å². The summed E-state index contributed by atoms with van der Waals surface area (Å²) >= 11 is 3.60. The zero-order valence-corrected chi connectivity index (χ0v) is 12.9. The second-order valence-corrected chi connectivity index (χ2v) is 5.58. The zero-order chi connectivity index (χ0) is 13.5. The summed E-state index contributed by atoms with van der Waals surface area (Å²) in [4.78, 5) is 0. The van der Waals surface area contributed by atoms with Crippen molar-refractivity contribution >= 4 is 21.6 Å². The third-order valence-corrected chi connectivity index (χ3v) is 3.94. The highest BCUT2D eigenvalue weighted by molar-refractivity contribution is 9.10. The van der Waals surface area contributed by atoms with E-state index in [1.165, 1.54) is 18.4 Å². The summed E-state index contributed by atoms with van der Waals surface area (Å²) in [6.45, 7) is 2.24. The minimum Gasteiger partial charge on any atom is -0.377 e. The van der Waals surface area contributed by atoms with Crippen molar-refractivity contribution in [3.05, 3.63) is 64.6 Å². The molecule has 1 N–H and O–H groups in total. The lowest BCUT2D eigenvalue weighted by molar-refractivity contribution is 0.634. The lowest BCUT2D eigenvalue weighted by atomic mass is 10.0. The maximum absolute atomic E-state index is 3.65. The molecule has 19 heavy (non-hydrogen) atoms. The quantitative estimate of drug-likeness (QED) is 0.710. The first-order valence-corrected chi connectivity index (χ1v) is 7.66. The molecule has 2 rings (SSSR count). The molecule has 0 saturated heterocycles. The van der Waals surface area contributed by atoms with E-state index in [1.54, 1.807) is 0 Å². The fraction of sp³-hybridized carbons (Fsp3) is 0.294. The average molecular weight is 318 g/mol. The number of anilines is 1. The second kappa shape index (κ2) is 7.34. The van der Waals surface area contributed by atoms with Crippen LogP contribution in [0.25, 0.3) is 0 Å². The Labute approximate surface area is 124 Å². The first-order valence-electron chi connectivity index (χ1n) is 6.87. The molecule has 0 heterocycles. The van der Waals surface area contributed by atoms with E-state index in [2.05, 4.69) is 76.7 Å². The number of nitrogens with one attached hydrogen (secondary N) is 1. The largest absolute Gasteiger partial charge is 0.377 e. The van der Waals surface area contributed by atoms with E-state index in [4.69, 9.17) is 0 Å². The minimum atomic E-state index is 0.375. The lowest BCUT2D eigenvalue weighted by Gasteiger charge is -2.21. The molecule has 0 aliphatic rings. The third-order valence-electron chi connectivity index (χ3n) is 3.25. The number of halogens is 1. The van der Waals surface area contributed by atoms with E-state index in [0.29, 0.717) is 6.04 Å². The summed E-state index contributed by atoms with van der Waals surface area (Å²) in [6.07, 6.45) is 3.61. The van der Waals surface area contributed by atoms with E-state index >= 15 is 0 Å². The SMILES string of the molecule is CCCCC(Nc1ccccc1Br)c1ccccc1. The molecule has 0 amide bonds. The van der Waals surface area contributed by atoms with Gasteiger partial charge in [0.2, 0.25) is 0 Å². The summed E-state index contributed by atoms with van der Waals surface area (Å²) < 4.78 is 1.12. The van der Waals surface area contributed by atoms with E-state index < -0.39 is 0 Å². The van der Waals surface area contributed by atoms with Crippen molar-refractivity contribution in [2.75, 3.05) is 5.32 Å². The predicted octanol–water partition coefficient (Wildman–Crippen LogP) is 5.79. The number of hydrogen-bond acceptors (Lipinski definition) is 1. The second-order valence-electron chi connectivity index (χ2n) is 4.73. The van der Waals surface area contributed by atoms with Gasteiger partial charge in [-0.1, -0.05) is 62.2 Å². The van der Waals surface area contributed by atoms with Gasteiger partial charge in [-0.25, -0.2) is 0 Å². The molecule has 0 saturated carbocycles. The molecular weight excluding hydrogens is 298 g/mol. The van der Waals surface area contributed by atoms with Gasteiger partial charge in [-0.05, 0) is 40.0 Å². The van der Waals surface area contributed by atoms with Gasteiger partial charge in [0.15, 0.2) is 0 Å². The summed E-state index contributed by atoms with van der Waals surface area (Å²) in [5.41, 5.74) is 2.51. The van der Waals surface area contributed by atoms with Gasteiger partial charge in [-0.3, -0.25) is 0 Å². The van der Waals surface area contributed by atoms with Crippen molar-refractivity contribution in [2.45, 2.75) is 32.2 Å². The summed E-state index contributed by atoms with van der Waals surface area (Å²) in [6, 6.07) is 19.4. The third kappa shape index (κ3) is 4.10. The van der Waals surface area contributed by atoms with Crippen molar-refractivity contribution in [1.29, 1.82) is 0 Å².